The summed E-state index contributed by atoms with van der Waals surface area (Å²) in [4.78, 5) is 23.4. The highest BCUT2D eigenvalue weighted by molar-refractivity contribution is 5.79. The van der Waals surface area contributed by atoms with Gasteiger partial charge < -0.3 is 15.3 Å². The number of hydrogen-bond acceptors (Lipinski definition) is 3. The molecule has 0 aromatic heterocycles. The van der Waals surface area contributed by atoms with E-state index in [-0.39, 0.29) is 12.5 Å². The second kappa shape index (κ2) is 5.55. The van der Waals surface area contributed by atoms with Crippen molar-refractivity contribution in [3.8, 4) is 0 Å². The number of rotatable bonds is 5. The van der Waals surface area contributed by atoms with E-state index in [1.165, 1.54) is 4.90 Å². The highest BCUT2D eigenvalue weighted by Gasteiger charge is 2.37. The first-order valence-electron chi connectivity index (χ1n) is 5.48. The molecule has 1 aliphatic rings. The zero-order valence-corrected chi connectivity index (χ0v) is 9.83. The van der Waals surface area contributed by atoms with Crippen LogP contribution in [0.4, 0.5) is 13.2 Å². The van der Waals surface area contributed by atoms with Crippen molar-refractivity contribution in [1.82, 2.24) is 10.2 Å². The first-order valence-corrected chi connectivity index (χ1v) is 5.48. The highest BCUT2D eigenvalue weighted by atomic mass is 19.4. The minimum atomic E-state index is -4.34. The first-order chi connectivity index (χ1) is 8.20. The highest BCUT2D eigenvalue weighted by Crippen LogP contribution is 2.23. The molecule has 1 heterocycles. The third-order valence-corrected chi connectivity index (χ3v) is 2.96. The van der Waals surface area contributed by atoms with Crippen LogP contribution in [0.25, 0.3) is 0 Å². The standard InChI is InChI=1S/C10H15F3N2O3/c1-6(9(17)18)7-3-15(4-7)8(16)2-14-5-10(11,12)13/h6-7,14H,2-5H2,1H3,(H,17,18). The van der Waals surface area contributed by atoms with Crippen molar-refractivity contribution < 1.29 is 27.9 Å². The van der Waals surface area contributed by atoms with Gasteiger partial charge in [-0.1, -0.05) is 6.92 Å². The van der Waals surface area contributed by atoms with Gasteiger partial charge in [0.2, 0.25) is 5.91 Å². The van der Waals surface area contributed by atoms with Gasteiger partial charge in [0.05, 0.1) is 19.0 Å². The van der Waals surface area contributed by atoms with Gasteiger partial charge in [-0.2, -0.15) is 13.2 Å². The van der Waals surface area contributed by atoms with E-state index in [1.54, 1.807) is 6.92 Å². The average molecular weight is 268 g/mol. The van der Waals surface area contributed by atoms with Crippen molar-refractivity contribution in [2.45, 2.75) is 13.1 Å². The van der Waals surface area contributed by atoms with Crippen LogP contribution in [-0.2, 0) is 9.59 Å². The molecule has 1 rings (SSSR count). The van der Waals surface area contributed by atoms with Gasteiger partial charge in [0.15, 0.2) is 0 Å². The Hall–Kier alpha value is -1.31. The Morgan fingerprint density at radius 2 is 2.00 bits per heavy atom. The second-order valence-corrected chi connectivity index (χ2v) is 4.40. The van der Waals surface area contributed by atoms with E-state index in [4.69, 9.17) is 5.11 Å². The number of carboxylic acid groups (broad SMARTS) is 1. The van der Waals surface area contributed by atoms with Crippen LogP contribution in [0.5, 0.6) is 0 Å². The Balaban J connectivity index is 2.21. The normalized spacial score (nSPS) is 18.3. The molecule has 1 atom stereocenters. The van der Waals surface area contributed by atoms with E-state index in [0.717, 1.165) is 0 Å². The lowest BCUT2D eigenvalue weighted by Gasteiger charge is -2.41. The third kappa shape index (κ3) is 4.17. The summed E-state index contributed by atoms with van der Waals surface area (Å²) in [5.74, 6) is -2.03. The molecule has 1 aliphatic heterocycles. The maximum atomic E-state index is 11.8. The van der Waals surface area contributed by atoms with E-state index in [9.17, 15) is 22.8 Å². The number of nitrogens with one attached hydrogen (secondary N) is 1. The minimum Gasteiger partial charge on any atom is -0.481 e. The van der Waals surface area contributed by atoms with Crippen LogP contribution in [-0.4, -0.2) is 54.2 Å². The summed E-state index contributed by atoms with van der Waals surface area (Å²) < 4.78 is 35.4. The van der Waals surface area contributed by atoms with E-state index in [0.29, 0.717) is 13.1 Å². The smallest absolute Gasteiger partial charge is 0.401 e. The van der Waals surface area contributed by atoms with Crippen LogP contribution >= 0.6 is 0 Å². The number of hydrogen-bond donors (Lipinski definition) is 2. The fourth-order valence-electron chi connectivity index (χ4n) is 1.66. The summed E-state index contributed by atoms with van der Waals surface area (Å²) in [5.41, 5.74) is 0. The number of halogens is 3. The molecule has 0 bridgehead atoms. The molecule has 1 saturated heterocycles. The predicted molar refractivity (Wildman–Crippen MR) is 55.8 cm³/mol. The number of nitrogens with zero attached hydrogens (tertiary/aromatic N) is 1. The van der Waals surface area contributed by atoms with Crippen LogP contribution in [0.15, 0.2) is 0 Å². The third-order valence-electron chi connectivity index (χ3n) is 2.96. The van der Waals surface area contributed by atoms with Crippen LogP contribution in [0.3, 0.4) is 0 Å². The lowest BCUT2D eigenvalue weighted by atomic mass is 9.87. The van der Waals surface area contributed by atoms with E-state index < -0.39 is 30.5 Å². The molecule has 1 fully saturated rings. The minimum absolute atomic E-state index is 0.117. The molecule has 2 N–H and O–H groups in total. The molecular formula is C10H15F3N2O3. The monoisotopic (exact) mass is 268 g/mol. The number of likely N-dealkylation sites (tertiary alicyclic amines) is 1. The average Bonchev–Trinajstić information content (AvgIpc) is 2.12. The van der Waals surface area contributed by atoms with Crippen molar-refractivity contribution in [3.63, 3.8) is 0 Å². The number of aliphatic carboxylic acids is 1. The number of carbonyl (C=O) groups is 2. The predicted octanol–water partition coefficient (Wildman–Crippen LogP) is 0.317. The molecule has 5 nitrogen and oxygen atoms in total. The fraction of sp³-hybridized carbons (Fsp3) is 0.800. The van der Waals surface area contributed by atoms with E-state index >= 15 is 0 Å². The van der Waals surface area contributed by atoms with Gasteiger partial charge in [-0.3, -0.25) is 9.59 Å². The maximum Gasteiger partial charge on any atom is 0.401 e. The summed E-state index contributed by atoms with van der Waals surface area (Å²) in [6, 6.07) is 0. The SMILES string of the molecule is CC(C(=O)O)C1CN(C(=O)CNCC(F)(F)F)C1. The molecule has 1 unspecified atom stereocenters. The summed E-state index contributed by atoms with van der Waals surface area (Å²) in [6.45, 7) is 0.548. The van der Waals surface area contributed by atoms with Gasteiger partial charge >= 0.3 is 12.1 Å². The van der Waals surface area contributed by atoms with Crippen LogP contribution in [0, 0.1) is 11.8 Å². The van der Waals surface area contributed by atoms with Crippen LogP contribution < -0.4 is 5.32 Å². The zero-order valence-electron chi connectivity index (χ0n) is 9.83. The Morgan fingerprint density at radius 1 is 1.44 bits per heavy atom. The molecule has 1 amide bonds. The Labute approximate surface area is 102 Å². The number of alkyl halides is 3. The maximum absolute atomic E-state index is 11.8. The number of carbonyl (C=O) groups excluding carboxylic acids is 1. The summed E-state index contributed by atoms with van der Waals surface area (Å²) >= 11 is 0. The molecule has 0 aromatic carbocycles. The molecule has 18 heavy (non-hydrogen) atoms. The lowest BCUT2D eigenvalue weighted by Crippen LogP contribution is -2.55. The van der Waals surface area contributed by atoms with Gasteiger partial charge in [0.1, 0.15) is 0 Å². The van der Waals surface area contributed by atoms with Gasteiger partial charge in [0, 0.05) is 19.0 Å². The lowest BCUT2D eigenvalue weighted by molar-refractivity contribution is -0.150. The Kier molecular flexibility index (Phi) is 4.55. The van der Waals surface area contributed by atoms with Crippen molar-refractivity contribution >= 4 is 11.9 Å². The van der Waals surface area contributed by atoms with Gasteiger partial charge in [0.25, 0.3) is 0 Å². The van der Waals surface area contributed by atoms with Crippen molar-refractivity contribution in [2.75, 3.05) is 26.2 Å². The molecular weight excluding hydrogens is 253 g/mol. The molecule has 104 valence electrons. The van der Waals surface area contributed by atoms with Crippen molar-refractivity contribution in [1.29, 1.82) is 0 Å². The zero-order chi connectivity index (χ0) is 13.9. The van der Waals surface area contributed by atoms with Gasteiger partial charge in [-0.25, -0.2) is 0 Å². The van der Waals surface area contributed by atoms with Crippen LogP contribution in [0.1, 0.15) is 6.92 Å². The largest absolute Gasteiger partial charge is 0.481 e. The summed E-state index contributed by atoms with van der Waals surface area (Å²) in [7, 11) is 0. The number of amides is 1. The topological polar surface area (TPSA) is 69.6 Å². The van der Waals surface area contributed by atoms with E-state index in [2.05, 4.69) is 0 Å². The van der Waals surface area contributed by atoms with Gasteiger partial charge in [-0.05, 0) is 0 Å². The summed E-state index contributed by atoms with van der Waals surface area (Å²) in [5, 5.41) is 10.7. The Bertz CT molecular complexity index is 327. The van der Waals surface area contributed by atoms with E-state index in [1.807, 2.05) is 5.32 Å². The Morgan fingerprint density at radius 3 is 2.44 bits per heavy atom. The van der Waals surface area contributed by atoms with Gasteiger partial charge in [-0.15, -0.1) is 0 Å². The molecule has 0 aliphatic carbocycles. The molecule has 0 aromatic rings. The fourth-order valence-corrected chi connectivity index (χ4v) is 1.66. The quantitative estimate of drug-likeness (QED) is 0.753. The van der Waals surface area contributed by atoms with Crippen LogP contribution in [0.2, 0.25) is 0 Å². The molecule has 0 spiro atoms. The number of carboxylic acids is 1. The second-order valence-electron chi connectivity index (χ2n) is 4.40. The summed E-state index contributed by atoms with van der Waals surface area (Å²) in [6.07, 6.45) is -4.34. The molecule has 0 saturated carbocycles. The molecule has 8 heteroatoms. The van der Waals surface area contributed by atoms with Crippen molar-refractivity contribution in [2.24, 2.45) is 11.8 Å². The first kappa shape index (κ1) is 14.7. The van der Waals surface area contributed by atoms with Crippen molar-refractivity contribution in [3.05, 3.63) is 0 Å². The molecule has 0 radical (unpaired) electrons.